The summed E-state index contributed by atoms with van der Waals surface area (Å²) in [6.07, 6.45) is 15.3. The SMILES string of the molecule is CCCCCCC(C)CC(CCCCCC)c1ccc(C)cc1. The van der Waals surface area contributed by atoms with Crippen LogP contribution >= 0.6 is 0 Å². The molecule has 0 aliphatic heterocycles. The van der Waals surface area contributed by atoms with E-state index in [1.165, 1.54) is 76.2 Å². The topological polar surface area (TPSA) is 0 Å². The lowest BCUT2D eigenvalue weighted by atomic mass is 9.83. The zero-order chi connectivity index (χ0) is 16.9. The van der Waals surface area contributed by atoms with E-state index in [2.05, 4.69) is 52.0 Å². The van der Waals surface area contributed by atoms with E-state index in [0.29, 0.717) is 0 Å². The van der Waals surface area contributed by atoms with Gasteiger partial charge in [0.15, 0.2) is 0 Å². The Balaban J connectivity index is 2.50. The fourth-order valence-corrected chi connectivity index (χ4v) is 3.60. The molecule has 0 heterocycles. The van der Waals surface area contributed by atoms with E-state index >= 15 is 0 Å². The number of unbranched alkanes of at least 4 members (excludes halogenated alkanes) is 6. The summed E-state index contributed by atoms with van der Waals surface area (Å²) in [4.78, 5) is 0. The second-order valence-electron chi connectivity index (χ2n) is 7.65. The molecule has 0 saturated carbocycles. The van der Waals surface area contributed by atoms with Gasteiger partial charge < -0.3 is 0 Å². The largest absolute Gasteiger partial charge is 0.0654 e. The highest BCUT2D eigenvalue weighted by Crippen LogP contribution is 2.31. The zero-order valence-electron chi connectivity index (χ0n) is 16.2. The maximum Gasteiger partial charge on any atom is -0.0159 e. The number of hydrogen-bond acceptors (Lipinski definition) is 0. The van der Waals surface area contributed by atoms with Crippen molar-refractivity contribution in [3.8, 4) is 0 Å². The van der Waals surface area contributed by atoms with Gasteiger partial charge in [-0.2, -0.15) is 0 Å². The Morgan fingerprint density at radius 1 is 0.739 bits per heavy atom. The highest BCUT2D eigenvalue weighted by atomic mass is 14.2. The van der Waals surface area contributed by atoms with Gasteiger partial charge in [-0.3, -0.25) is 0 Å². The first kappa shape index (κ1) is 20.3. The van der Waals surface area contributed by atoms with Crippen LogP contribution in [0.15, 0.2) is 24.3 Å². The molecule has 2 unspecified atom stereocenters. The molecule has 0 aliphatic rings. The van der Waals surface area contributed by atoms with E-state index in [-0.39, 0.29) is 0 Å². The van der Waals surface area contributed by atoms with Crippen LogP contribution in [0.1, 0.15) is 108 Å². The first-order valence-electron chi connectivity index (χ1n) is 10.2. The van der Waals surface area contributed by atoms with Crippen molar-refractivity contribution in [1.29, 1.82) is 0 Å². The molecule has 1 aromatic carbocycles. The third-order valence-corrected chi connectivity index (χ3v) is 5.19. The van der Waals surface area contributed by atoms with Crippen molar-refractivity contribution in [2.45, 2.75) is 104 Å². The smallest absolute Gasteiger partial charge is 0.0159 e. The second-order valence-corrected chi connectivity index (χ2v) is 7.65. The monoisotopic (exact) mass is 316 g/mol. The van der Waals surface area contributed by atoms with Gasteiger partial charge in [-0.05, 0) is 37.2 Å². The summed E-state index contributed by atoms with van der Waals surface area (Å²) in [7, 11) is 0. The molecule has 0 nitrogen and oxygen atoms in total. The Hall–Kier alpha value is -0.780. The molecule has 0 fully saturated rings. The lowest BCUT2D eigenvalue weighted by Crippen LogP contribution is -2.06. The number of benzene rings is 1. The van der Waals surface area contributed by atoms with Crippen LogP contribution in [0.2, 0.25) is 0 Å². The highest BCUT2D eigenvalue weighted by Gasteiger charge is 2.15. The molecule has 0 spiro atoms. The quantitative estimate of drug-likeness (QED) is 0.323. The fraction of sp³-hybridized carbons (Fsp3) is 0.739. The summed E-state index contributed by atoms with van der Waals surface area (Å²) in [5.74, 6) is 1.64. The third kappa shape index (κ3) is 9.18. The molecule has 0 aliphatic carbocycles. The predicted molar refractivity (Wildman–Crippen MR) is 105 cm³/mol. The van der Waals surface area contributed by atoms with E-state index in [1.54, 1.807) is 5.56 Å². The van der Waals surface area contributed by atoms with Gasteiger partial charge in [0.1, 0.15) is 0 Å². The van der Waals surface area contributed by atoms with Crippen LogP contribution in [0.25, 0.3) is 0 Å². The first-order chi connectivity index (χ1) is 11.2. The minimum atomic E-state index is 0.772. The summed E-state index contributed by atoms with van der Waals surface area (Å²) in [5, 5.41) is 0. The predicted octanol–water partition coefficient (Wildman–Crippen LogP) is 8.05. The van der Waals surface area contributed by atoms with Crippen LogP contribution in [-0.4, -0.2) is 0 Å². The van der Waals surface area contributed by atoms with Crippen LogP contribution in [0.4, 0.5) is 0 Å². The summed E-state index contributed by atoms with van der Waals surface area (Å²) in [5.41, 5.74) is 2.96. The van der Waals surface area contributed by atoms with E-state index in [1.807, 2.05) is 0 Å². The molecular formula is C23H40. The van der Waals surface area contributed by atoms with Gasteiger partial charge in [-0.1, -0.05) is 108 Å². The summed E-state index contributed by atoms with van der Waals surface area (Å²) >= 11 is 0. The van der Waals surface area contributed by atoms with E-state index in [0.717, 1.165) is 11.8 Å². The Kier molecular flexibility index (Phi) is 11.1. The number of aryl methyl sites for hydroxylation is 1. The van der Waals surface area contributed by atoms with Gasteiger partial charge in [0.25, 0.3) is 0 Å². The molecular weight excluding hydrogens is 276 g/mol. The van der Waals surface area contributed by atoms with Crippen molar-refractivity contribution < 1.29 is 0 Å². The molecule has 0 amide bonds. The normalized spacial score (nSPS) is 13.9. The molecule has 0 bridgehead atoms. The van der Waals surface area contributed by atoms with E-state index < -0.39 is 0 Å². The molecule has 0 aromatic heterocycles. The molecule has 1 aromatic rings. The van der Waals surface area contributed by atoms with Gasteiger partial charge >= 0.3 is 0 Å². The molecule has 23 heavy (non-hydrogen) atoms. The summed E-state index contributed by atoms with van der Waals surface area (Å²) in [6, 6.07) is 9.34. The minimum absolute atomic E-state index is 0.772. The van der Waals surface area contributed by atoms with E-state index in [4.69, 9.17) is 0 Å². The van der Waals surface area contributed by atoms with Crippen LogP contribution in [0.3, 0.4) is 0 Å². The molecule has 132 valence electrons. The van der Waals surface area contributed by atoms with Crippen molar-refractivity contribution >= 4 is 0 Å². The highest BCUT2D eigenvalue weighted by molar-refractivity contribution is 5.24. The van der Waals surface area contributed by atoms with Crippen LogP contribution in [0, 0.1) is 12.8 Å². The number of hydrogen-bond donors (Lipinski definition) is 0. The Morgan fingerprint density at radius 3 is 1.87 bits per heavy atom. The van der Waals surface area contributed by atoms with Gasteiger partial charge in [0.05, 0.1) is 0 Å². The van der Waals surface area contributed by atoms with Crippen molar-refractivity contribution in [3.05, 3.63) is 35.4 Å². The average Bonchev–Trinajstić information content (AvgIpc) is 2.55. The van der Waals surface area contributed by atoms with Crippen LogP contribution in [0.5, 0.6) is 0 Å². The molecule has 1 rings (SSSR count). The maximum atomic E-state index is 2.47. The van der Waals surface area contributed by atoms with Gasteiger partial charge in [0, 0.05) is 0 Å². The number of rotatable bonds is 13. The van der Waals surface area contributed by atoms with E-state index in [9.17, 15) is 0 Å². The Bertz CT molecular complexity index is 376. The molecule has 0 heteroatoms. The third-order valence-electron chi connectivity index (χ3n) is 5.19. The van der Waals surface area contributed by atoms with Gasteiger partial charge in [-0.25, -0.2) is 0 Å². The van der Waals surface area contributed by atoms with Crippen molar-refractivity contribution in [2.75, 3.05) is 0 Å². The lowest BCUT2D eigenvalue weighted by Gasteiger charge is -2.22. The molecule has 0 radical (unpaired) electrons. The van der Waals surface area contributed by atoms with Gasteiger partial charge in [-0.15, -0.1) is 0 Å². The Labute approximate surface area is 146 Å². The fourth-order valence-electron chi connectivity index (χ4n) is 3.60. The van der Waals surface area contributed by atoms with Crippen molar-refractivity contribution in [2.24, 2.45) is 5.92 Å². The van der Waals surface area contributed by atoms with Crippen molar-refractivity contribution in [3.63, 3.8) is 0 Å². The minimum Gasteiger partial charge on any atom is -0.0654 e. The molecule has 2 atom stereocenters. The zero-order valence-corrected chi connectivity index (χ0v) is 16.2. The summed E-state index contributed by atoms with van der Waals surface area (Å²) < 4.78 is 0. The second kappa shape index (κ2) is 12.6. The maximum absolute atomic E-state index is 2.47. The first-order valence-corrected chi connectivity index (χ1v) is 10.2. The average molecular weight is 317 g/mol. The standard InChI is InChI=1S/C23H40/c1-5-7-9-11-13-21(4)19-23(14-12-10-8-6-2)22-17-15-20(3)16-18-22/h15-18,21,23H,5-14,19H2,1-4H3. The lowest BCUT2D eigenvalue weighted by molar-refractivity contribution is 0.399. The Morgan fingerprint density at radius 2 is 1.30 bits per heavy atom. The van der Waals surface area contributed by atoms with Crippen LogP contribution in [-0.2, 0) is 0 Å². The summed E-state index contributed by atoms with van der Waals surface area (Å²) in [6.45, 7) is 9.26. The van der Waals surface area contributed by atoms with Gasteiger partial charge in [0.2, 0.25) is 0 Å². The van der Waals surface area contributed by atoms with Crippen LogP contribution < -0.4 is 0 Å². The molecule has 0 saturated heterocycles. The van der Waals surface area contributed by atoms with Crippen molar-refractivity contribution in [1.82, 2.24) is 0 Å². The molecule has 0 N–H and O–H groups in total.